The molecule has 1 N–H and O–H groups in total. The lowest BCUT2D eigenvalue weighted by atomic mass is 10.1. The van der Waals surface area contributed by atoms with Gasteiger partial charge in [0.05, 0.1) is 32.0 Å². The number of nitrogens with one attached hydrogen (secondary N) is 1. The molecule has 6 nitrogen and oxygen atoms in total. The predicted molar refractivity (Wildman–Crippen MR) is 66.5 cm³/mol. The van der Waals surface area contributed by atoms with Crippen molar-refractivity contribution >= 4 is 12.0 Å². The number of esters is 1. The number of aromatic nitrogens is 3. The van der Waals surface area contributed by atoms with Crippen molar-refractivity contribution in [2.24, 2.45) is 0 Å². The summed E-state index contributed by atoms with van der Waals surface area (Å²) >= 11 is 0. The van der Waals surface area contributed by atoms with E-state index < -0.39 is 0 Å². The fourth-order valence-corrected chi connectivity index (χ4v) is 1.93. The molecule has 1 aromatic rings. The van der Waals surface area contributed by atoms with E-state index in [1.54, 1.807) is 10.9 Å². The molecular formula is C12H18N4O2. The Hall–Kier alpha value is -1.85. The van der Waals surface area contributed by atoms with Crippen molar-refractivity contribution in [3.63, 3.8) is 0 Å². The SMILES string of the molecule is COC(=O)CCn1nncc1C=C1CCCCN1. The maximum absolute atomic E-state index is 11.1. The van der Waals surface area contributed by atoms with E-state index in [0.717, 1.165) is 18.7 Å². The molecule has 0 atom stereocenters. The van der Waals surface area contributed by atoms with E-state index in [0.29, 0.717) is 13.0 Å². The van der Waals surface area contributed by atoms with E-state index in [4.69, 9.17) is 0 Å². The number of hydrogen-bond acceptors (Lipinski definition) is 5. The molecule has 0 spiro atoms. The minimum atomic E-state index is -0.236. The number of allylic oxidation sites excluding steroid dienone is 1. The van der Waals surface area contributed by atoms with E-state index in [1.165, 1.54) is 25.6 Å². The van der Waals surface area contributed by atoms with Crippen molar-refractivity contribution < 1.29 is 9.53 Å². The number of carbonyl (C=O) groups excluding carboxylic acids is 1. The first-order chi connectivity index (χ1) is 8.79. The summed E-state index contributed by atoms with van der Waals surface area (Å²) in [5.74, 6) is -0.236. The molecule has 6 heteroatoms. The molecule has 2 rings (SSSR count). The highest BCUT2D eigenvalue weighted by molar-refractivity contribution is 5.69. The number of methoxy groups -OCH3 is 1. The van der Waals surface area contributed by atoms with Crippen LogP contribution in [0.15, 0.2) is 11.9 Å². The highest BCUT2D eigenvalue weighted by atomic mass is 16.5. The fraction of sp³-hybridized carbons (Fsp3) is 0.583. The zero-order valence-corrected chi connectivity index (χ0v) is 10.6. The average molecular weight is 250 g/mol. The quantitative estimate of drug-likeness (QED) is 0.806. The second kappa shape index (κ2) is 6.18. The van der Waals surface area contributed by atoms with Gasteiger partial charge in [-0.05, 0) is 25.3 Å². The number of aryl methyl sites for hydroxylation is 1. The van der Waals surface area contributed by atoms with E-state index in [9.17, 15) is 4.79 Å². The van der Waals surface area contributed by atoms with E-state index in [2.05, 4.69) is 26.4 Å². The summed E-state index contributed by atoms with van der Waals surface area (Å²) in [4.78, 5) is 11.1. The van der Waals surface area contributed by atoms with Crippen LogP contribution in [0, 0.1) is 0 Å². The summed E-state index contributed by atoms with van der Waals surface area (Å²) in [7, 11) is 1.39. The molecular weight excluding hydrogens is 232 g/mol. The lowest BCUT2D eigenvalue weighted by Crippen LogP contribution is -2.19. The topological polar surface area (TPSA) is 69.0 Å². The van der Waals surface area contributed by atoms with E-state index in [1.807, 2.05) is 0 Å². The summed E-state index contributed by atoms with van der Waals surface area (Å²) in [6.07, 6.45) is 7.56. The summed E-state index contributed by atoms with van der Waals surface area (Å²) in [5, 5.41) is 11.2. The van der Waals surface area contributed by atoms with Gasteiger partial charge in [0, 0.05) is 12.2 Å². The van der Waals surface area contributed by atoms with Crippen molar-refractivity contribution in [2.75, 3.05) is 13.7 Å². The van der Waals surface area contributed by atoms with Gasteiger partial charge in [-0.15, -0.1) is 5.10 Å². The van der Waals surface area contributed by atoms with Crippen LogP contribution in [-0.2, 0) is 16.1 Å². The molecule has 0 amide bonds. The predicted octanol–water partition coefficient (Wildman–Crippen LogP) is 0.956. The van der Waals surface area contributed by atoms with Crippen LogP contribution in [0.4, 0.5) is 0 Å². The van der Waals surface area contributed by atoms with Crippen LogP contribution in [0.5, 0.6) is 0 Å². The standard InChI is InChI=1S/C12H18N4O2/c1-18-12(17)5-7-16-11(9-14-15-16)8-10-4-2-3-6-13-10/h8-9,13H,2-7H2,1H3. The molecule has 1 aliphatic rings. The largest absolute Gasteiger partial charge is 0.469 e. The highest BCUT2D eigenvalue weighted by Gasteiger charge is 2.08. The molecule has 0 radical (unpaired) electrons. The van der Waals surface area contributed by atoms with Crippen LogP contribution in [0.1, 0.15) is 31.4 Å². The van der Waals surface area contributed by atoms with Crippen LogP contribution in [-0.4, -0.2) is 34.6 Å². The molecule has 0 saturated carbocycles. The smallest absolute Gasteiger partial charge is 0.307 e. The normalized spacial score (nSPS) is 17.5. The van der Waals surface area contributed by atoms with E-state index in [-0.39, 0.29) is 5.97 Å². The van der Waals surface area contributed by atoms with Gasteiger partial charge in [0.1, 0.15) is 0 Å². The Kier molecular flexibility index (Phi) is 4.33. The van der Waals surface area contributed by atoms with Gasteiger partial charge >= 0.3 is 5.97 Å². The number of hydrogen-bond donors (Lipinski definition) is 1. The van der Waals surface area contributed by atoms with Crippen LogP contribution >= 0.6 is 0 Å². The first kappa shape index (κ1) is 12.6. The Morgan fingerprint density at radius 3 is 3.22 bits per heavy atom. The van der Waals surface area contributed by atoms with Gasteiger partial charge in [0.25, 0.3) is 0 Å². The van der Waals surface area contributed by atoms with Crippen molar-refractivity contribution in [1.82, 2.24) is 20.3 Å². The van der Waals surface area contributed by atoms with Gasteiger partial charge < -0.3 is 10.1 Å². The van der Waals surface area contributed by atoms with Gasteiger partial charge in [0.2, 0.25) is 0 Å². The Labute approximate surface area is 106 Å². The first-order valence-corrected chi connectivity index (χ1v) is 6.19. The third-order valence-corrected chi connectivity index (χ3v) is 2.95. The maximum atomic E-state index is 11.1. The molecule has 0 aromatic carbocycles. The number of ether oxygens (including phenoxy) is 1. The summed E-state index contributed by atoms with van der Waals surface area (Å²) in [6, 6.07) is 0. The Morgan fingerprint density at radius 2 is 2.50 bits per heavy atom. The molecule has 98 valence electrons. The summed E-state index contributed by atoms with van der Waals surface area (Å²) in [6.45, 7) is 1.52. The number of piperidine rings is 1. The average Bonchev–Trinajstić information content (AvgIpc) is 2.84. The molecule has 18 heavy (non-hydrogen) atoms. The second-order valence-electron chi connectivity index (χ2n) is 4.26. The van der Waals surface area contributed by atoms with Gasteiger partial charge in [-0.25, -0.2) is 4.68 Å². The summed E-state index contributed by atoms with van der Waals surface area (Å²) < 4.78 is 6.33. The lowest BCUT2D eigenvalue weighted by Gasteiger charge is -2.16. The molecule has 1 aliphatic heterocycles. The summed E-state index contributed by atoms with van der Waals surface area (Å²) in [5.41, 5.74) is 2.13. The van der Waals surface area contributed by atoms with Crippen LogP contribution in [0.2, 0.25) is 0 Å². The van der Waals surface area contributed by atoms with Crippen LogP contribution in [0.25, 0.3) is 6.08 Å². The van der Waals surface area contributed by atoms with Crippen LogP contribution < -0.4 is 5.32 Å². The molecule has 0 aliphatic carbocycles. The van der Waals surface area contributed by atoms with Gasteiger partial charge in [0.15, 0.2) is 0 Å². The third-order valence-electron chi connectivity index (χ3n) is 2.95. The van der Waals surface area contributed by atoms with Crippen molar-refractivity contribution in [3.8, 4) is 0 Å². The maximum Gasteiger partial charge on any atom is 0.307 e. The fourth-order valence-electron chi connectivity index (χ4n) is 1.93. The highest BCUT2D eigenvalue weighted by Crippen LogP contribution is 2.14. The molecule has 0 unspecified atom stereocenters. The van der Waals surface area contributed by atoms with Crippen LogP contribution in [0.3, 0.4) is 0 Å². The van der Waals surface area contributed by atoms with Crippen molar-refractivity contribution in [3.05, 3.63) is 17.6 Å². The number of carbonyl (C=O) groups is 1. The number of nitrogens with zero attached hydrogens (tertiary/aromatic N) is 3. The Morgan fingerprint density at radius 1 is 1.61 bits per heavy atom. The molecule has 1 fully saturated rings. The van der Waals surface area contributed by atoms with Crippen molar-refractivity contribution in [1.29, 1.82) is 0 Å². The molecule has 2 heterocycles. The molecule has 1 saturated heterocycles. The van der Waals surface area contributed by atoms with E-state index >= 15 is 0 Å². The lowest BCUT2D eigenvalue weighted by molar-refractivity contribution is -0.140. The minimum Gasteiger partial charge on any atom is -0.469 e. The van der Waals surface area contributed by atoms with Gasteiger partial charge in [-0.3, -0.25) is 4.79 Å². The van der Waals surface area contributed by atoms with Gasteiger partial charge in [-0.2, -0.15) is 0 Å². The first-order valence-electron chi connectivity index (χ1n) is 6.19. The second-order valence-corrected chi connectivity index (χ2v) is 4.26. The zero-order valence-electron chi connectivity index (χ0n) is 10.6. The number of rotatable bonds is 4. The third kappa shape index (κ3) is 3.32. The Bertz CT molecular complexity index is 431. The monoisotopic (exact) mass is 250 g/mol. The molecule has 1 aromatic heterocycles. The minimum absolute atomic E-state index is 0.236. The molecule has 0 bridgehead atoms. The Balaban J connectivity index is 2.00. The van der Waals surface area contributed by atoms with Gasteiger partial charge in [-0.1, -0.05) is 5.21 Å². The zero-order chi connectivity index (χ0) is 12.8. The van der Waals surface area contributed by atoms with Crippen molar-refractivity contribution in [2.45, 2.75) is 32.2 Å².